The summed E-state index contributed by atoms with van der Waals surface area (Å²) in [5.74, 6) is 0. The summed E-state index contributed by atoms with van der Waals surface area (Å²) >= 11 is 0. The summed E-state index contributed by atoms with van der Waals surface area (Å²) in [6.45, 7) is 6.02. The van der Waals surface area contributed by atoms with E-state index in [2.05, 4.69) is 6.92 Å². The molecular weight excluding hydrogens is 260 g/mol. The van der Waals surface area contributed by atoms with Gasteiger partial charge in [0, 0.05) is 0 Å². The summed E-state index contributed by atoms with van der Waals surface area (Å²) < 4.78 is 29.6. The SMILES string of the molecule is CCCCC[C@@H](CC)OS(=O)(=O)c1ccc(C)cc1. The molecule has 0 aromatic heterocycles. The molecular formula is C15H24O3S. The molecule has 0 saturated heterocycles. The van der Waals surface area contributed by atoms with E-state index in [1.54, 1.807) is 24.3 Å². The van der Waals surface area contributed by atoms with Gasteiger partial charge in [-0.15, -0.1) is 0 Å². The molecule has 19 heavy (non-hydrogen) atoms. The zero-order chi connectivity index (χ0) is 14.3. The minimum Gasteiger partial charge on any atom is -0.263 e. The van der Waals surface area contributed by atoms with Gasteiger partial charge in [-0.2, -0.15) is 8.42 Å². The fourth-order valence-electron chi connectivity index (χ4n) is 1.88. The van der Waals surface area contributed by atoms with Gasteiger partial charge in [-0.3, -0.25) is 4.18 Å². The fraction of sp³-hybridized carbons (Fsp3) is 0.600. The van der Waals surface area contributed by atoms with Crippen LogP contribution in [-0.2, 0) is 14.3 Å². The predicted octanol–water partition coefficient (Wildman–Crippen LogP) is 4.06. The second kappa shape index (κ2) is 7.65. The van der Waals surface area contributed by atoms with Gasteiger partial charge in [0.25, 0.3) is 10.1 Å². The van der Waals surface area contributed by atoms with Gasteiger partial charge in [0.2, 0.25) is 0 Å². The van der Waals surface area contributed by atoms with Crippen LogP contribution >= 0.6 is 0 Å². The molecule has 0 amide bonds. The van der Waals surface area contributed by atoms with Crippen molar-refractivity contribution in [2.45, 2.75) is 63.9 Å². The zero-order valence-corrected chi connectivity index (χ0v) is 12.9. The number of rotatable bonds is 8. The maximum Gasteiger partial charge on any atom is 0.297 e. The van der Waals surface area contributed by atoms with Gasteiger partial charge in [0.15, 0.2) is 0 Å². The van der Waals surface area contributed by atoms with Gasteiger partial charge in [-0.25, -0.2) is 0 Å². The third-order valence-electron chi connectivity index (χ3n) is 3.16. The van der Waals surface area contributed by atoms with Crippen molar-refractivity contribution in [3.63, 3.8) is 0 Å². The Morgan fingerprint density at radius 3 is 2.26 bits per heavy atom. The van der Waals surface area contributed by atoms with Crippen LogP contribution in [-0.4, -0.2) is 14.5 Å². The van der Waals surface area contributed by atoms with Crippen molar-refractivity contribution in [3.05, 3.63) is 29.8 Å². The van der Waals surface area contributed by atoms with E-state index in [0.29, 0.717) is 0 Å². The van der Waals surface area contributed by atoms with E-state index in [9.17, 15) is 8.42 Å². The first-order valence-electron chi connectivity index (χ1n) is 6.99. The molecule has 0 fully saturated rings. The number of aryl methyl sites for hydroxylation is 1. The number of hydrogen-bond donors (Lipinski definition) is 0. The van der Waals surface area contributed by atoms with Gasteiger partial charge in [-0.05, 0) is 31.9 Å². The molecule has 0 unspecified atom stereocenters. The zero-order valence-electron chi connectivity index (χ0n) is 12.1. The molecule has 1 rings (SSSR count). The molecule has 0 radical (unpaired) electrons. The molecule has 1 aromatic carbocycles. The number of unbranched alkanes of at least 4 members (excludes halogenated alkanes) is 2. The Hall–Kier alpha value is -0.870. The number of hydrogen-bond acceptors (Lipinski definition) is 3. The highest BCUT2D eigenvalue weighted by Gasteiger charge is 2.20. The Bertz CT molecular complexity index is 463. The Balaban J connectivity index is 2.69. The third-order valence-corrected chi connectivity index (χ3v) is 4.53. The predicted molar refractivity (Wildman–Crippen MR) is 77.7 cm³/mol. The molecule has 1 atom stereocenters. The van der Waals surface area contributed by atoms with Crippen molar-refractivity contribution in [1.82, 2.24) is 0 Å². The highest BCUT2D eigenvalue weighted by molar-refractivity contribution is 7.86. The smallest absolute Gasteiger partial charge is 0.263 e. The van der Waals surface area contributed by atoms with E-state index in [4.69, 9.17) is 4.18 Å². The molecule has 0 bridgehead atoms. The van der Waals surface area contributed by atoms with Crippen molar-refractivity contribution >= 4 is 10.1 Å². The minimum atomic E-state index is -3.63. The monoisotopic (exact) mass is 284 g/mol. The molecule has 0 aliphatic rings. The molecule has 0 heterocycles. The third kappa shape index (κ3) is 5.33. The van der Waals surface area contributed by atoms with Gasteiger partial charge in [-0.1, -0.05) is 50.8 Å². The molecule has 3 nitrogen and oxygen atoms in total. The Labute approximate surface area is 117 Å². The summed E-state index contributed by atoms with van der Waals surface area (Å²) in [6, 6.07) is 6.77. The van der Waals surface area contributed by atoms with Crippen LogP contribution in [0, 0.1) is 6.92 Å². The summed E-state index contributed by atoms with van der Waals surface area (Å²) in [5.41, 5.74) is 1.04. The average molecular weight is 284 g/mol. The van der Waals surface area contributed by atoms with E-state index in [1.807, 2.05) is 13.8 Å². The van der Waals surface area contributed by atoms with Crippen LogP contribution in [0.15, 0.2) is 29.2 Å². The molecule has 0 spiro atoms. The molecule has 1 aromatic rings. The second-order valence-corrected chi connectivity index (χ2v) is 6.46. The molecule has 0 N–H and O–H groups in total. The van der Waals surface area contributed by atoms with Gasteiger partial charge in [0.05, 0.1) is 11.0 Å². The standard InChI is InChI=1S/C15H24O3S/c1-4-6-7-8-14(5-2)18-19(16,17)15-11-9-13(3)10-12-15/h9-12,14H,4-8H2,1-3H3/t14-/m1/s1. The largest absolute Gasteiger partial charge is 0.297 e. The van der Waals surface area contributed by atoms with Gasteiger partial charge in [0.1, 0.15) is 0 Å². The Kier molecular flexibility index (Phi) is 6.52. The normalized spacial score (nSPS) is 13.4. The average Bonchev–Trinajstić information content (AvgIpc) is 2.38. The summed E-state index contributed by atoms with van der Waals surface area (Å²) in [7, 11) is -3.63. The lowest BCUT2D eigenvalue weighted by Gasteiger charge is -2.15. The molecule has 0 aliphatic carbocycles. The summed E-state index contributed by atoms with van der Waals surface area (Å²) in [5, 5.41) is 0. The lowest BCUT2D eigenvalue weighted by atomic mass is 10.1. The summed E-state index contributed by atoms with van der Waals surface area (Å²) in [6.07, 6.45) is 4.56. The maximum atomic E-state index is 12.1. The van der Waals surface area contributed by atoms with Crippen molar-refractivity contribution in [1.29, 1.82) is 0 Å². The topological polar surface area (TPSA) is 43.4 Å². The first-order valence-corrected chi connectivity index (χ1v) is 8.40. The van der Waals surface area contributed by atoms with Crippen molar-refractivity contribution in [2.24, 2.45) is 0 Å². The molecule has 0 saturated carbocycles. The van der Waals surface area contributed by atoms with E-state index in [0.717, 1.165) is 37.7 Å². The summed E-state index contributed by atoms with van der Waals surface area (Å²) in [4.78, 5) is 0.243. The van der Waals surface area contributed by atoms with E-state index < -0.39 is 10.1 Å². The van der Waals surface area contributed by atoms with Crippen LogP contribution in [0.5, 0.6) is 0 Å². The Morgan fingerprint density at radius 2 is 1.74 bits per heavy atom. The van der Waals surface area contributed by atoms with Crippen LogP contribution in [0.2, 0.25) is 0 Å². The lowest BCUT2D eigenvalue weighted by molar-refractivity contribution is 0.190. The van der Waals surface area contributed by atoms with Crippen LogP contribution in [0.25, 0.3) is 0 Å². The van der Waals surface area contributed by atoms with Crippen LogP contribution in [0.1, 0.15) is 51.5 Å². The van der Waals surface area contributed by atoms with Crippen LogP contribution in [0.4, 0.5) is 0 Å². The van der Waals surface area contributed by atoms with Crippen molar-refractivity contribution in [3.8, 4) is 0 Å². The first-order chi connectivity index (χ1) is 8.99. The van der Waals surface area contributed by atoms with Gasteiger partial charge >= 0.3 is 0 Å². The quantitative estimate of drug-likeness (QED) is 0.534. The van der Waals surface area contributed by atoms with Crippen LogP contribution in [0.3, 0.4) is 0 Å². The maximum absolute atomic E-state index is 12.1. The van der Waals surface area contributed by atoms with Crippen molar-refractivity contribution < 1.29 is 12.6 Å². The second-order valence-electron chi connectivity index (χ2n) is 4.89. The molecule has 108 valence electrons. The van der Waals surface area contributed by atoms with E-state index in [-0.39, 0.29) is 11.0 Å². The highest BCUT2D eigenvalue weighted by atomic mass is 32.2. The molecule has 4 heteroatoms. The van der Waals surface area contributed by atoms with Crippen LogP contribution < -0.4 is 0 Å². The van der Waals surface area contributed by atoms with E-state index in [1.165, 1.54) is 0 Å². The first kappa shape index (κ1) is 16.2. The lowest BCUT2D eigenvalue weighted by Crippen LogP contribution is -2.18. The Morgan fingerprint density at radius 1 is 1.11 bits per heavy atom. The highest BCUT2D eigenvalue weighted by Crippen LogP contribution is 2.19. The fourth-order valence-corrected chi connectivity index (χ4v) is 3.05. The van der Waals surface area contributed by atoms with E-state index >= 15 is 0 Å². The minimum absolute atomic E-state index is 0.210. The number of benzene rings is 1. The van der Waals surface area contributed by atoms with Crippen molar-refractivity contribution in [2.75, 3.05) is 0 Å². The van der Waals surface area contributed by atoms with Gasteiger partial charge < -0.3 is 0 Å². The molecule has 0 aliphatic heterocycles.